The van der Waals surface area contributed by atoms with Crippen molar-refractivity contribution in [3.05, 3.63) is 24.0 Å². The average molecular weight is 279 g/mol. The molecule has 0 aliphatic carbocycles. The Morgan fingerprint density at radius 2 is 2.05 bits per heavy atom. The van der Waals surface area contributed by atoms with E-state index in [1.807, 2.05) is 18.2 Å². The lowest BCUT2D eigenvalue weighted by atomic mass is 10.2. The number of fused-ring (bicyclic) bond motifs is 1. The van der Waals surface area contributed by atoms with Gasteiger partial charge in [-0.05, 0) is 25.1 Å². The highest BCUT2D eigenvalue weighted by Crippen LogP contribution is 2.27. The summed E-state index contributed by atoms with van der Waals surface area (Å²) in [6, 6.07) is 5.95. The van der Waals surface area contributed by atoms with Gasteiger partial charge in [0.05, 0.1) is 11.0 Å². The van der Waals surface area contributed by atoms with Crippen molar-refractivity contribution in [2.75, 3.05) is 17.7 Å². The van der Waals surface area contributed by atoms with Crippen LogP contribution in [0.1, 0.15) is 38.6 Å². The molecular weight excluding hydrogens is 258 g/mol. The fraction of sp³-hybridized carbons (Fsp3) is 0.500. The predicted octanol–water partition coefficient (Wildman–Crippen LogP) is 2.68. The number of benzene rings is 1. The Kier molecular flexibility index (Phi) is 3.94. The molecule has 0 radical (unpaired) electrons. The van der Waals surface area contributed by atoms with E-state index in [2.05, 4.69) is 30.3 Å². The molecule has 5 heteroatoms. The molecule has 1 heterocycles. The fourth-order valence-electron chi connectivity index (χ4n) is 2.42. The lowest BCUT2D eigenvalue weighted by molar-refractivity contribution is 0.565. The molecule has 1 aromatic heterocycles. The van der Waals surface area contributed by atoms with Crippen molar-refractivity contribution in [1.82, 2.24) is 9.55 Å². The zero-order valence-electron chi connectivity index (χ0n) is 11.9. The fourth-order valence-corrected chi connectivity index (χ4v) is 3.25. The van der Waals surface area contributed by atoms with E-state index in [0.717, 1.165) is 22.5 Å². The molecular formula is C14H21N3OS. The normalized spacial score (nSPS) is 15.0. The van der Waals surface area contributed by atoms with Gasteiger partial charge < -0.3 is 10.3 Å². The van der Waals surface area contributed by atoms with Gasteiger partial charge in [0.15, 0.2) is 0 Å². The van der Waals surface area contributed by atoms with Crippen molar-refractivity contribution in [2.45, 2.75) is 32.7 Å². The summed E-state index contributed by atoms with van der Waals surface area (Å²) in [4.78, 5) is 4.69. The molecule has 104 valence electrons. The van der Waals surface area contributed by atoms with Crippen LogP contribution < -0.4 is 5.73 Å². The van der Waals surface area contributed by atoms with Crippen molar-refractivity contribution >= 4 is 27.5 Å². The molecule has 2 rings (SSSR count). The van der Waals surface area contributed by atoms with Crippen LogP contribution in [0.25, 0.3) is 11.0 Å². The molecule has 0 aliphatic rings. The zero-order valence-corrected chi connectivity index (χ0v) is 12.7. The van der Waals surface area contributed by atoms with Crippen LogP contribution in [0.4, 0.5) is 5.69 Å². The molecule has 19 heavy (non-hydrogen) atoms. The first-order valence-electron chi connectivity index (χ1n) is 6.47. The Morgan fingerprint density at radius 1 is 1.37 bits per heavy atom. The van der Waals surface area contributed by atoms with Crippen LogP contribution in [0.2, 0.25) is 0 Å². The number of hydrogen-bond acceptors (Lipinski definition) is 3. The minimum atomic E-state index is -0.822. The van der Waals surface area contributed by atoms with E-state index in [4.69, 9.17) is 5.73 Å². The minimum Gasteiger partial charge on any atom is -0.399 e. The van der Waals surface area contributed by atoms with Gasteiger partial charge in [-0.3, -0.25) is 4.21 Å². The topological polar surface area (TPSA) is 60.9 Å². The Balaban J connectivity index is 2.61. The molecule has 2 unspecified atom stereocenters. The molecule has 0 saturated carbocycles. The zero-order chi connectivity index (χ0) is 14.2. The van der Waals surface area contributed by atoms with Crippen LogP contribution in [0.15, 0.2) is 18.2 Å². The number of aromatic nitrogens is 2. The average Bonchev–Trinajstić information content (AvgIpc) is 2.66. The summed E-state index contributed by atoms with van der Waals surface area (Å²) in [5.41, 5.74) is 8.52. The molecule has 0 amide bonds. The Hall–Kier alpha value is -1.36. The Bertz CT molecular complexity index is 618. The smallest absolute Gasteiger partial charge is 0.112 e. The number of imidazole rings is 1. The standard InChI is InChI=1S/C14H21N3OS/c1-9(2)14-16-12-7-11(15)5-6-13(12)17(14)10(3)8-19(4)18/h5-7,9-10H,8,15H2,1-4H3. The van der Waals surface area contributed by atoms with E-state index < -0.39 is 10.8 Å². The van der Waals surface area contributed by atoms with E-state index in [-0.39, 0.29) is 6.04 Å². The number of nitrogens with two attached hydrogens (primary N) is 1. The van der Waals surface area contributed by atoms with Crippen molar-refractivity contribution < 1.29 is 4.21 Å². The van der Waals surface area contributed by atoms with Crippen LogP contribution in [0.5, 0.6) is 0 Å². The van der Waals surface area contributed by atoms with Gasteiger partial charge in [-0.15, -0.1) is 0 Å². The van der Waals surface area contributed by atoms with Gasteiger partial charge in [0.2, 0.25) is 0 Å². The number of hydrogen-bond donors (Lipinski definition) is 1. The summed E-state index contributed by atoms with van der Waals surface area (Å²) in [5.74, 6) is 1.98. The number of anilines is 1. The Morgan fingerprint density at radius 3 is 2.63 bits per heavy atom. The highest BCUT2D eigenvalue weighted by Gasteiger charge is 2.18. The van der Waals surface area contributed by atoms with Crippen LogP contribution in [-0.2, 0) is 10.8 Å². The van der Waals surface area contributed by atoms with Crippen molar-refractivity contribution in [3.63, 3.8) is 0 Å². The summed E-state index contributed by atoms with van der Waals surface area (Å²) < 4.78 is 13.7. The Labute approximate surface area is 116 Å². The van der Waals surface area contributed by atoms with Gasteiger partial charge in [0.25, 0.3) is 0 Å². The molecule has 0 aliphatic heterocycles. The number of nitrogens with zero attached hydrogens (tertiary/aromatic N) is 2. The van der Waals surface area contributed by atoms with Gasteiger partial charge >= 0.3 is 0 Å². The highest BCUT2D eigenvalue weighted by molar-refractivity contribution is 7.84. The van der Waals surface area contributed by atoms with Gasteiger partial charge in [-0.25, -0.2) is 4.98 Å². The summed E-state index contributed by atoms with van der Waals surface area (Å²) >= 11 is 0. The van der Waals surface area contributed by atoms with Crippen LogP contribution in [-0.4, -0.2) is 25.8 Å². The minimum absolute atomic E-state index is 0.164. The molecule has 2 aromatic rings. The third kappa shape index (κ3) is 2.81. The summed E-state index contributed by atoms with van der Waals surface area (Å²) in [6.07, 6.45) is 1.74. The second-order valence-electron chi connectivity index (χ2n) is 5.33. The number of rotatable bonds is 4. The van der Waals surface area contributed by atoms with Gasteiger partial charge in [0.1, 0.15) is 5.82 Å². The van der Waals surface area contributed by atoms with Crippen molar-refractivity contribution in [3.8, 4) is 0 Å². The largest absolute Gasteiger partial charge is 0.399 e. The highest BCUT2D eigenvalue weighted by atomic mass is 32.2. The molecule has 0 saturated heterocycles. The van der Waals surface area contributed by atoms with Crippen LogP contribution in [0.3, 0.4) is 0 Å². The maximum Gasteiger partial charge on any atom is 0.112 e. The summed E-state index contributed by atoms with van der Waals surface area (Å²) in [7, 11) is -0.822. The SMILES string of the molecule is CC(C)c1nc2cc(N)ccc2n1C(C)CS(C)=O. The van der Waals surface area contributed by atoms with Crippen molar-refractivity contribution in [1.29, 1.82) is 0 Å². The molecule has 1 aromatic carbocycles. The maximum absolute atomic E-state index is 11.5. The van der Waals surface area contributed by atoms with Gasteiger partial charge in [0, 0.05) is 40.5 Å². The second kappa shape index (κ2) is 5.33. The summed E-state index contributed by atoms with van der Waals surface area (Å²) in [5, 5.41) is 0. The quantitative estimate of drug-likeness (QED) is 0.875. The molecule has 2 N–H and O–H groups in total. The molecule has 4 nitrogen and oxygen atoms in total. The van der Waals surface area contributed by atoms with Gasteiger partial charge in [-0.2, -0.15) is 0 Å². The first-order chi connectivity index (χ1) is 8.90. The first kappa shape index (κ1) is 14.1. The van der Waals surface area contributed by atoms with E-state index in [1.165, 1.54) is 0 Å². The number of nitrogen functional groups attached to an aromatic ring is 1. The lowest BCUT2D eigenvalue weighted by Crippen LogP contribution is -2.16. The predicted molar refractivity (Wildman–Crippen MR) is 81.9 cm³/mol. The first-order valence-corrected chi connectivity index (χ1v) is 8.20. The monoisotopic (exact) mass is 279 g/mol. The van der Waals surface area contributed by atoms with Crippen LogP contribution >= 0.6 is 0 Å². The van der Waals surface area contributed by atoms with E-state index in [0.29, 0.717) is 11.7 Å². The van der Waals surface area contributed by atoms with Gasteiger partial charge in [-0.1, -0.05) is 13.8 Å². The summed E-state index contributed by atoms with van der Waals surface area (Å²) in [6.45, 7) is 6.33. The maximum atomic E-state index is 11.5. The lowest BCUT2D eigenvalue weighted by Gasteiger charge is -2.18. The third-order valence-electron chi connectivity index (χ3n) is 3.17. The second-order valence-corrected chi connectivity index (χ2v) is 6.81. The van der Waals surface area contributed by atoms with E-state index in [1.54, 1.807) is 6.26 Å². The van der Waals surface area contributed by atoms with Crippen molar-refractivity contribution in [2.24, 2.45) is 0 Å². The van der Waals surface area contributed by atoms with E-state index in [9.17, 15) is 4.21 Å². The third-order valence-corrected chi connectivity index (χ3v) is 4.13. The molecule has 2 atom stereocenters. The molecule has 0 bridgehead atoms. The molecule has 0 fully saturated rings. The van der Waals surface area contributed by atoms with Crippen LogP contribution in [0, 0.1) is 0 Å². The molecule has 0 spiro atoms. The van der Waals surface area contributed by atoms with E-state index >= 15 is 0 Å².